The zero-order chi connectivity index (χ0) is 18.0. The fourth-order valence-corrected chi connectivity index (χ4v) is 2.84. The molecular weight excluding hydrogens is 318 g/mol. The maximum absolute atomic E-state index is 12.4. The highest BCUT2D eigenvalue weighted by Gasteiger charge is 2.28. The molecule has 0 saturated carbocycles. The number of rotatable bonds is 4. The lowest BCUT2D eigenvalue weighted by molar-refractivity contribution is 0.0776. The highest BCUT2D eigenvalue weighted by Crippen LogP contribution is 2.22. The molecule has 0 N–H and O–H groups in total. The lowest BCUT2D eigenvalue weighted by Crippen LogP contribution is -2.30. The summed E-state index contributed by atoms with van der Waals surface area (Å²) in [5.41, 5.74) is 1.41. The molecule has 1 saturated heterocycles. The Morgan fingerprint density at radius 1 is 1.28 bits per heavy atom. The lowest BCUT2D eigenvalue weighted by Gasteiger charge is -2.17. The molecule has 134 valence electrons. The largest absolute Gasteiger partial charge is 0.476 e. The summed E-state index contributed by atoms with van der Waals surface area (Å²) in [6.07, 6.45) is 2.70. The van der Waals surface area contributed by atoms with Gasteiger partial charge in [0.05, 0.1) is 12.3 Å². The summed E-state index contributed by atoms with van der Waals surface area (Å²) in [6.45, 7) is 8.26. The van der Waals surface area contributed by atoms with E-state index >= 15 is 0 Å². The van der Waals surface area contributed by atoms with Crippen LogP contribution in [0.4, 0.5) is 0 Å². The van der Waals surface area contributed by atoms with Crippen LogP contribution >= 0.6 is 0 Å². The molecule has 2 aromatic heterocycles. The Labute approximate surface area is 148 Å². The number of hydrogen-bond donors (Lipinski definition) is 0. The highest BCUT2D eigenvalue weighted by atomic mass is 16.5. The van der Waals surface area contributed by atoms with Gasteiger partial charge in [0.25, 0.3) is 5.91 Å². The number of aryl methyl sites for hydroxylation is 1. The van der Waals surface area contributed by atoms with Crippen LogP contribution in [-0.4, -0.2) is 50.5 Å². The second-order valence-corrected chi connectivity index (χ2v) is 7.60. The number of amides is 1. The Kier molecular flexibility index (Phi) is 4.74. The van der Waals surface area contributed by atoms with E-state index in [4.69, 9.17) is 4.74 Å². The van der Waals surface area contributed by atoms with Crippen LogP contribution in [-0.2, 0) is 12.5 Å². The van der Waals surface area contributed by atoms with Crippen molar-refractivity contribution in [3.8, 4) is 5.88 Å². The van der Waals surface area contributed by atoms with Crippen LogP contribution < -0.4 is 4.74 Å². The summed E-state index contributed by atoms with van der Waals surface area (Å²) in [5, 5.41) is 12.6. The monoisotopic (exact) mass is 343 g/mol. The van der Waals surface area contributed by atoms with E-state index < -0.39 is 0 Å². The number of aromatic nitrogens is 4. The van der Waals surface area contributed by atoms with E-state index in [1.165, 1.54) is 0 Å². The molecule has 1 atom stereocenters. The molecule has 0 radical (unpaired) electrons. The molecule has 1 unspecified atom stereocenters. The predicted octanol–water partition coefficient (Wildman–Crippen LogP) is 2.05. The summed E-state index contributed by atoms with van der Waals surface area (Å²) in [4.78, 5) is 14.2. The molecule has 0 bridgehead atoms. The van der Waals surface area contributed by atoms with Crippen molar-refractivity contribution in [2.24, 2.45) is 13.0 Å². The van der Waals surface area contributed by atoms with Crippen molar-refractivity contribution in [3.63, 3.8) is 0 Å². The third-order valence-electron chi connectivity index (χ3n) is 4.38. The van der Waals surface area contributed by atoms with Gasteiger partial charge in [-0.25, -0.2) is 0 Å². The molecule has 2 aromatic rings. The van der Waals surface area contributed by atoms with Crippen LogP contribution in [0.25, 0.3) is 0 Å². The summed E-state index contributed by atoms with van der Waals surface area (Å²) in [7, 11) is 1.81. The Morgan fingerprint density at radius 3 is 2.68 bits per heavy atom. The van der Waals surface area contributed by atoms with Gasteiger partial charge in [-0.15, -0.1) is 5.10 Å². The summed E-state index contributed by atoms with van der Waals surface area (Å²) >= 11 is 0. The maximum Gasteiger partial charge on any atom is 0.274 e. The van der Waals surface area contributed by atoms with Crippen molar-refractivity contribution in [1.82, 2.24) is 24.9 Å². The molecule has 1 aliphatic rings. The molecule has 25 heavy (non-hydrogen) atoms. The average molecular weight is 343 g/mol. The van der Waals surface area contributed by atoms with Gasteiger partial charge in [-0.2, -0.15) is 10.2 Å². The number of carbonyl (C=O) groups excluding carboxylic acids is 1. The van der Waals surface area contributed by atoms with Crippen LogP contribution in [0.3, 0.4) is 0 Å². The van der Waals surface area contributed by atoms with Crippen molar-refractivity contribution in [2.75, 3.05) is 19.7 Å². The van der Waals surface area contributed by atoms with E-state index in [0.29, 0.717) is 30.6 Å². The van der Waals surface area contributed by atoms with Gasteiger partial charge in [0.15, 0.2) is 0 Å². The highest BCUT2D eigenvalue weighted by molar-refractivity contribution is 5.92. The molecule has 1 fully saturated rings. The Bertz CT molecular complexity index is 733. The molecule has 0 aliphatic carbocycles. The minimum atomic E-state index is -0.0245. The van der Waals surface area contributed by atoms with Crippen molar-refractivity contribution in [2.45, 2.75) is 32.6 Å². The van der Waals surface area contributed by atoms with Crippen LogP contribution in [0.2, 0.25) is 0 Å². The number of hydrogen-bond acceptors (Lipinski definition) is 5. The van der Waals surface area contributed by atoms with E-state index in [-0.39, 0.29) is 11.3 Å². The van der Waals surface area contributed by atoms with Gasteiger partial charge in [0, 0.05) is 43.7 Å². The second kappa shape index (κ2) is 6.82. The molecule has 0 aromatic carbocycles. The van der Waals surface area contributed by atoms with Gasteiger partial charge in [-0.3, -0.25) is 9.48 Å². The third-order valence-corrected chi connectivity index (χ3v) is 4.38. The molecular formula is C18H25N5O2. The molecule has 1 amide bonds. The second-order valence-electron chi connectivity index (χ2n) is 7.60. The molecule has 0 spiro atoms. The van der Waals surface area contributed by atoms with E-state index in [2.05, 4.69) is 36.1 Å². The summed E-state index contributed by atoms with van der Waals surface area (Å²) in [6, 6.07) is 5.56. The van der Waals surface area contributed by atoms with Crippen molar-refractivity contribution in [1.29, 1.82) is 0 Å². The number of carbonyl (C=O) groups is 1. The van der Waals surface area contributed by atoms with E-state index in [0.717, 1.165) is 18.7 Å². The zero-order valence-corrected chi connectivity index (χ0v) is 15.3. The van der Waals surface area contributed by atoms with E-state index in [1.807, 2.05) is 24.1 Å². The Morgan fingerprint density at radius 2 is 2.08 bits per heavy atom. The van der Waals surface area contributed by atoms with Crippen molar-refractivity contribution < 1.29 is 9.53 Å². The van der Waals surface area contributed by atoms with Crippen LogP contribution in [0.1, 0.15) is 43.4 Å². The fourth-order valence-electron chi connectivity index (χ4n) is 2.84. The maximum atomic E-state index is 12.4. The quantitative estimate of drug-likeness (QED) is 0.849. The SMILES string of the molecule is Cn1ccc(C(=O)N2CCC(COc3ccc(C(C)(C)C)nn3)C2)n1. The van der Waals surface area contributed by atoms with Gasteiger partial charge >= 0.3 is 0 Å². The van der Waals surface area contributed by atoms with Gasteiger partial charge in [0.1, 0.15) is 5.69 Å². The van der Waals surface area contributed by atoms with Gasteiger partial charge in [-0.05, 0) is 18.6 Å². The van der Waals surface area contributed by atoms with Gasteiger partial charge in [-0.1, -0.05) is 20.8 Å². The molecule has 3 heterocycles. The number of nitrogens with zero attached hydrogens (tertiary/aromatic N) is 5. The molecule has 1 aliphatic heterocycles. The standard InChI is InChI=1S/C18H25N5O2/c1-18(2,3)15-5-6-16(20-19-15)25-12-13-7-10-23(11-13)17(24)14-8-9-22(4)21-14/h5-6,8-9,13H,7,10-12H2,1-4H3. The topological polar surface area (TPSA) is 73.1 Å². The molecule has 7 nitrogen and oxygen atoms in total. The number of ether oxygens (including phenoxy) is 1. The van der Waals surface area contributed by atoms with E-state index in [1.54, 1.807) is 16.9 Å². The first-order valence-electron chi connectivity index (χ1n) is 8.59. The van der Waals surface area contributed by atoms with Crippen LogP contribution in [0.15, 0.2) is 24.4 Å². The van der Waals surface area contributed by atoms with Crippen molar-refractivity contribution in [3.05, 3.63) is 35.8 Å². The average Bonchev–Trinajstić information content (AvgIpc) is 3.21. The molecule has 3 rings (SSSR count). The first-order valence-corrected chi connectivity index (χ1v) is 8.59. The summed E-state index contributed by atoms with van der Waals surface area (Å²) < 4.78 is 7.41. The van der Waals surface area contributed by atoms with Crippen LogP contribution in [0.5, 0.6) is 5.88 Å². The molecule has 7 heteroatoms. The lowest BCUT2D eigenvalue weighted by atomic mass is 9.92. The van der Waals surface area contributed by atoms with Crippen molar-refractivity contribution >= 4 is 5.91 Å². The Balaban J connectivity index is 1.51. The zero-order valence-electron chi connectivity index (χ0n) is 15.3. The van der Waals surface area contributed by atoms with Gasteiger partial charge in [0.2, 0.25) is 5.88 Å². The fraction of sp³-hybridized carbons (Fsp3) is 0.556. The first kappa shape index (κ1) is 17.4. The predicted molar refractivity (Wildman–Crippen MR) is 93.4 cm³/mol. The van der Waals surface area contributed by atoms with Crippen LogP contribution in [0, 0.1) is 5.92 Å². The van der Waals surface area contributed by atoms with Gasteiger partial charge < -0.3 is 9.64 Å². The smallest absolute Gasteiger partial charge is 0.274 e. The minimum Gasteiger partial charge on any atom is -0.476 e. The Hall–Kier alpha value is -2.44. The normalized spacial score (nSPS) is 17.8. The third kappa shape index (κ3) is 4.15. The number of likely N-dealkylation sites (tertiary alicyclic amines) is 1. The minimum absolute atomic E-state index is 0.0163. The summed E-state index contributed by atoms with van der Waals surface area (Å²) in [5.74, 6) is 0.816. The van der Waals surface area contributed by atoms with E-state index in [9.17, 15) is 4.79 Å². The first-order chi connectivity index (χ1) is 11.8.